The molecule has 5 heteroatoms. The Balaban J connectivity index is 1.83. The highest BCUT2D eigenvalue weighted by Gasteiger charge is 2.40. The Labute approximate surface area is 123 Å². The molecule has 1 heterocycles. The van der Waals surface area contributed by atoms with E-state index in [2.05, 4.69) is 0 Å². The molecular formula is C16H20N2O3. The van der Waals surface area contributed by atoms with Crippen molar-refractivity contribution in [1.82, 2.24) is 4.90 Å². The van der Waals surface area contributed by atoms with Crippen molar-refractivity contribution in [3.05, 3.63) is 34.9 Å². The third kappa shape index (κ3) is 2.42. The quantitative estimate of drug-likeness (QED) is 0.864. The van der Waals surface area contributed by atoms with Crippen LogP contribution in [-0.2, 0) is 17.8 Å². The van der Waals surface area contributed by atoms with Crippen LogP contribution in [0.15, 0.2) is 18.2 Å². The number of hydrogen-bond donors (Lipinski definition) is 2. The number of benzene rings is 1. The molecule has 5 nitrogen and oxygen atoms in total. The van der Waals surface area contributed by atoms with E-state index in [9.17, 15) is 14.7 Å². The van der Waals surface area contributed by atoms with Crippen LogP contribution < -0.4 is 5.73 Å². The maximum Gasteiger partial charge on any atom is 0.335 e. The molecule has 1 aromatic carbocycles. The third-order valence-electron chi connectivity index (χ3n) is 4.71. The predicted molar refractivity (Wildman–Crippen MR) is 77.9 cm³/mol. The van der Waals surface area contributed by atoms with Gasteiger partial charge in [-0.25, -0.2) is 4.79 Å². The smallest absolute Gasteiger partial charge is 0.335 e. The number of amides is 1. The Hall–Kier alpha value is -1.88. The molecule has 21 heavy (non-hydrogen) atoms. The van der Waals surface area contributed by atoms with Gasteiger partial charge < -0.3 is 15.7 Å². The Bertz CT molecular complexity index is 591. The molecule has 0 spiro atoms. The van der Waals surface area contributed by atoms with Gasteiger partial charge in [-0.2, -0.15) is 0 Å². The van der Waals surface area contributed by atoms with E-state index in [1.54, 1.807) is 17.0 Å². The van der Waals surface area contributed by atoms with Gasteiger partial charge in [0.05, 0.1) is 11.1 Å². The van der Waals surface area contributed by atoms with Crippen LogP contribution in [0.3, 0.4) is 0 Å². The molecule has 1 aromatic rings. The summed E-state index contributed by atoms with van der Waals surface area (Å²) in [6, 6.07) is 5.27. The molecule has 3 N–H and O–H groups in total. The van der Waals surface area contributed by atoms with Crippen LogP contribution >= 0.6 is 0 Å². The summed E-state index contributed by atoms with van der Waals surface area (Å²) in [5, 5.41) is 9.23. The molecule has 2 aliphatic rings. The monoisotopic (exact) mass is 288 g/mol. The maximum atomic E-state index is 12.6. The summed E-state index contributed by atoms with van der Waals surface area (Å²) >= 11 is 0. The van der Waals surface area contributed by atoms with Crippen molar-refractivity contribution in [2.24, 2.45) is 5.73 Å². The van der Waals surface area contributed by atoms with E-state index in [1.165, 1.54) is 0 Å². The van der Waals surface area contributed by atoms with Crippen LogP contribution in [-0.4, -0.2) is 34.0 Å². The highest BCUT2D eigenvalue weighted by Crippen LogP contribution is 2.31. The SMILES string of the molecule is NC1(C(=O)N2CCc3c(cccc3C(=O)O)C2)CCCC1. The molecule has 0 unspecified atom stereocenters. The molecule has 1 saturated carbocycles. The van der Waals surface area contributed by atoms with Gasteiger partial charge >= 0.3 is 5.97 Å². The summed E-state index contributed by atoms with van der Waals surface area (Å²) in [6.07, 6.45) is 4.11. The average molecular weight is 288 g/mol. The van der Waals surface area contributed by atoms with Crippen LogP contribution in [0.1, 0.15) is 47.2 Å². The van der Waals surface area contributed by atoms with E-state index < -0.39 is 11.5 Å². The summed E-state index contributed by atoms with van der Waals surface area (Å²) in [6.45, 7) is 1.02. The number of carbonyl (C=O) groups excluding carboxylic acids is 1. The molecule has 0 aromatic heterocycles. The second kappa shape index (κ2) is 5.15. The number of nitrogens with two attached hydrogens (primary N) is 1. The number of carbonyl (C=O) groups is 2. The zero-order valence-corrected chi connectivity index (χ0v) is 12.0. The van der Waals surface area contributed by atoms with Crippen molar-refractivity contribution in [3.8, 4) is 0 Å². The van der Waals surface area contributed by atoms with E-state index in [0.717, 1.165) is 36.8 Å². The molecule has 1 aliphatic heterocycles. The number of aromatic carboxylic acids is 1. The van der Waals surface area contributed by atoms with E-state index in [-0.39, 0.29) is 5.91 Å². The van der Waals surface area contributed by atoms with Crippen molar-refractivity contribution < 1.29 is 14.7 Å². The number of nitrogens with zero attached hydrogens (tertiary/aromatic N) is 1. The van der Waals surface area contributed by atoms with Gasteiger partial charge in [0, 0.05) is 13.1 Å². The molecule has 1 fully saturated rings. The summed E-state index contributed by atoms with van der Waals surface area (Å²) in [4.78, 5) is 25.7. The number of fused-ring (bicyclic) bond motifs is 1. The molecule has 3 rings (SSSR count). The average Bonchev–Trinajstić information content (AvgIpc) is 2.93. The van der Waals surface area contributed by atoms with Gasteiger partial charge in [-0.3, -0.25) is 4.79 Å². The topological polar surface area (TPSA) is 83.6 Å². The lowest BCUT2D eigenvalue weighted by molar-refractivity contribution is -0.137. The second-order valence-electron chi connectivity index (χ2n) is 6.09. The van der Waals surface area contributed by atoms with Crippen LogP contribution in [0.4, 0.5) is 0 Å². The van der Waals surface area contributed by atoms with Crippen molar-refractivity contribution in [2.45, 2.75) is 44.2 Å². The van der Waals surface area contributed by atoms with Crippen molar-refractivity contribution in [3.63, 3.8) is 0 Å². The molecule has 112 valence electrons. The molecule has 1 aliphatic carbocycles. The summed E-state index contributed by atoms with van der Waals surface area (Å²) in [5.74, 6) is -0.885. The molecule has 0 radical (unpaired) electrons. The zero-order valence-electron chi connectivity index (χ0n) is 12.0. The summed E-state index contributed by atoms with van der Waals surface area (Å²) in [5.41, 5.74) is 7.67. The normalized spacial score (nSPS) is 20.1. The summed E-state index contributed by atoms with van der Waals surface area (Å²) in [7, 11) is 0. The van der Waals surface area contributed by atoms with Gasteiger partial charge in [0.25, 0.3) is 0 Å². The molecular weight excluding hydrogens is 268 g/mol. The first-order valence-corrected chi connectivity index (χ1v) is 7.43. The van der Waals surface area contributed by atoms with E-state index in [4.69, 9.17) is 5.73 Å². The fourth-order valence-electron chi connectivity index (χ4n) is 3.52. The van der Waals surface area contributed by atoms with Crippen molar-refractivity contribution in [2.75, 3.05) is 6.54 Å². The van der Waals surface area contributed by atoms with Crippen LogP contribution in [0.5, 0.6) is 0 Å². The Kier molecular flexibility index (Phi) is 3.45. The van der Waals surface area contributed by atoms with E-state index >= 15 is 0 Å². The van der Waals surface area contributed by atoms with E-state index in [0.29, 0.717) is 25.1 Å². The Morgan fingerprint density at radius 2 is 1.95 bits per heavy atom. The standard InChI is InChI=1S/C16H20N2O3/c17-16(7-1-2-8-16)15(21)18-9-6-12-11(10-18)4-3-5-13(12)14(19)20/h3-5H,1-2,6-10,17H2,(H,19,20). The molecule has 0 saturated heterocycles. The van der Waals surface area contributed by atoms with Crippen molar-refractivity contribution >= 4 is 11.9 Å². The summed E-state index contributed by atoms with van der Waals surface area (Å²) < 4.78 is 0. The Morgan fingerprint density at radius 3 is 2.62 bits per heavy atom. The van der Waals surface area contributed by atoms with Gasteiger partial charge in [0.2, 0.25) is 5.91 Å². The van der Waals surface area contributed by atoms with Gasteiger partial charge in [-0.05, 0) is 36.5 Å². The first-order valence-electron chi connectivity index (χ1n) is 7.43. The fraction of sp³-hybridized carbons (Fsp3) is 0.500. The fourth-order valence-corrected chi connectivity index (χ4v) is 3.52. The minimum absolute atomic E-state index is 0.0198. The predicted octanol–water partition coefficient (Wildman–Crippen LogP) is 1.54. The number of carboxylic acids is 1. The van der Waals surface area contributed by atoms with Gasteiger partial charge in [0.1, 0.15) is 0 Å². The third-order valence-corrected chi connectivity index (χ3v) is 4.71. The van der Waals surface area contributed by atoms with Gasteiger partial charge in [-0.15, -0.1) is 0 Å². The number of hydrogen-bond acceptors (Lipinski definition) is 3. The first-order chi connectivity index (χ1) is 10.0. The van der Waals surface area contributed by atoms with Crippen molar-refractivity contribution in [1.29, 1.82) is 0 Å². The minimum atomic E-state index is -0.905. The molecule has 0 bridgehead atoms. The van der Waals surface area contributed by atoms with Crippen LogP contribution in [0.2, 0.25) is 0 Å². The minimum Gasteiger partial charge on any atom is -0.478 e. The maximum absolute atomic E-state index is 12.6. The van der Waals surface area contributed by atoms with Gasteiger partial charge in [0.15, 0.2) is 0 Å². The lowest BCUT2D eigenvalue weighted by atomic mass is 9.91. The molecule has 1 amide bonds. The number of rotatable bonds is 2. The van der Waals surface area contributed by atoms with E-state index in [1.807, 2.05) is 6.07 Å². The highest BCUT2D eigenvalue weighted by atomic mass is 16.4. The lowest BCUT2D eigenvalue weighted by Gasteiger charge is -2.35. The number of carboxylic acid groups (broad SMARTS) is 1. The second-order valence-corrected chi connectivity index (χ2v) is 6.09. The highest BCUT2D eigenvalue weighted by molar-refractivity contribution is 5.90. The first kappa shape index (κ1) is 14.1. The largest absolute Gasteiger partial charge is 0.478 e. The molecule has 0 atom stereocenters. The van der Waals surface area contributed by atoms with Crippen LogP contribution in [0.25, 0.3) is 0 Å². The lowest BCUT2D eigenvalue weighted by Crippen LogP contribution is -2.54. The Morgan fingerprint density at radius 1 is 1.24 bits per heavy atom. The zero-order chi connectivity index (χ0) is 15.0. The van der Waals surface area contributed by atoms with Gasteiger partial charge in [-0.1, -0.05) is 25.0 Å². The van der Waals surface area contributed by atoms with Crippen LogP contribution in [0, 0.1) is 0 Å².